The van der Waals surface area contributed by atoms with Crippen molar-refractivity contribution >= 4 is 34.0 Å². The molecule has 4 nitrogen and oxygen atoms in total. The second kappa shape index (κ2) is 6.85. The molecular formula is C11H15Cl2FN2O2S. The summed E-state index contributed by atoms with van der Waals surface area (Å²) in [5.41, 5.74) is 0. The minimum absolute atomic E-state index is 0. The van der Waals surface area contributed by atoms with Crippen LogP contribution >= 0.6 is 24.0 Å². The molecule has 1 saturated heterocycles. The van der Waals surface area contributed by atoms with Gasteiger partial charge in [0.2, 0.25) is 10.0 Å². The highest BCUT2D eigenvalue weighted by Gasteiger charge is 2.27. The average molecular weight is 329 g/mol. The number of sulfonamides is 1. The van der Waals surface area contributed by atoms with Gasteiger partial charge in [-0.15, -0.1) is 12.4 Å². The maximum Gasteiger partial charge on any atom is 0.246 e. The molecule has 0 aromatic heterocycles. The molecule has 19 heavy (non-hydrogen) atoms. The topological polar surface area (TPSA) is 49.4 Å². The van der Waals surface area contributed by atoms with E-state index in [1.54, 1.807) is 0 Å². The summed E-state index contributed by atoms with van der Waals surface area (Å²) in [5.74, 6) is -0.767. The van der Waals surface area contributed by atoms with E-state index in [2.05, 4.69) is 5.32 Å². The van der Waals surface area contributed by atoms with Crippen molar-refractivity contribution in [3.05, 3.63) is 29.0 Å². The van der Waals surface area contributed by atoms with Gasteiger partial charge in [-0.05, 0) is 31.2 Å². The van der Waals surface area contributed by atoms with Gasteiger partial charge in [-0.25, -0.2) is 12.8 Å². The summed E-state index contributed by atoms with van der Waals surface area (Å²) in [6.07, 6.45) is 0.710. The third kappa shape index (κ3) is 3.79. The van der Waals surface area contributed by atoms with Gasteiger partial charge in [-0.3, -0.25) is 0 Å². The van der Waals surface area contributed by atoms with Crippen LogP contribution in [0.2, 0.25) is 5.02 Å². The van der Waals surface area contributed by atoms with E-state index in [0.717, 1.165) is 18.7 Å². The first kappa shape index (κ1) is 16.7. The minimum Gasteiger partial charge on any atom is -0.315 e. The SMILES string of the molecule is Cl.O=S(=O)(c1cc(Cl)ccc1F)N1CCCNCC1. The summed E-state index contributed by atoms with van der Waals surface area (Å²) in [6.45, 7) is 2.07. The van der Waals surface area contributed by atoms with Crippen molar-refractivity contribution in [1.82, 2.24) is 9.62 Å². The van der Waals surface area contributed by atoms with Crippen LogP contribution in [-0.2, 0) is 10.0 Å². The molecule has 2 rings (SSSR count). The molecule has 1 aliphatic rings. The molecule has 1 aromatic rings. The maximum atomic E-state index is 13.6. The second-order valence-electron chi connectivity index (χ2n) is 4.08. The van der Waals surface area contributed by atoms with E-state index in [0.29, 0.717) is 26.1 Å². The van der Waals surface area contributed by atoms with Crippen molar-refractivity contribution < 1.29 is 12.8 Å². The Balaban J connectivity index is 0.00000180. The number of nitrogens with one attached hydrogen (secondary N) is 1. The molecule has 0 saturated carbocycles. The van der Waals surface area contributed by atoms with Crippen molar-refractivity contribution in [2.75, 3.05) is 26.2 Å². The Morgan fingerprint density at radius 1 is 1.26 bits per heavy atom. The van der Waals surface area contributed by atoms with E-state index < -0.39 is 15.8 Å². The lowest BCUT2D eigenvalue weighted by Gasteiger charge is -2.20. The highest BCUT2D eigenvalue weighted by molar-refractivity contribution is 7.89. The molecule has 1 N–H and O–H groups in total. The maximum absolute atomic E-state index is 13.6. The zero-order chi connectivity index (χ0) is 13.2. The van der Waals surface area contributed by atoms with Gasteiger partial charge < -0.3 is 5.32 Å². The van der Waals surface area contributed by atoms with E-state index in [9.17, 15) is 12.8 Å². The highest BCUT2D eigenvalue weighted by atomic mass is 35.5. The van der Waals surface area contributed by atoms with Crippen molar-refractivity contribution in [3.63, 3.8) is 0 Å². The average Bonchev–Trinajstić information content (AvgIpc) is 2.61. The third-order valence-electron chi connectivity index (χ3n) is 2.81. The highest BCUT2D eigenvalue weighted by Crippen LogP contribution is 2.23. The van der Waals surface area contributed by atoms with Crippen LogP contribution in [0.3, 0.4) is 0 Å². The van der Waals surface area contributed by atoms with Gasteiger partial charge in [0, 0.05) is 24.7 Å². The first-order valence-corrected chi connectivity index (χ1v) is 7.49. The molecule has 108 valence electrons. The lowest BCUT2D eigenvalue weighted by Crippen LogP contribution is -2.34. The number of hydrogen-bond acceptors (Lipinski definition) is 3. The van der Waals surface area contributed by atoms with Gasteiger partial charge in [0.1, 0.15) is 10.7 Å². The van der Waals surface area contributed by atoms with Crippen LogP contribution in [0.1, 0.15) is 6.42 Å². The van der Waals surface area contributed by atoms with Crippen LogP contribution in [0.5, 0.6) is 0 Å². The molecule has 1 aromatic carbocycles. The van der Waals surface area contributed by atoms with Crippen molar-refractivity contribution in [2.24, 2.45) is 0 Å². The van der Waals surface area contributed by atoms with Gasteiger partial charge in [0.05, 0.1) is 0 Å². The van der Waals surface area contributed by atoms with Crippen molar-refractivity contribution in [1.29, 1.82) is 0 Å². The van der Waals surface area contributed by atoms with Crippen LogP contribution in [0, 0.1) is 5.82 Å². The van der Waals surface area contributed by atoms with Crippen molar-refractivity contribution in [3.8, 4) is 0 Å². The molecule has 0 atom stereocenters. The minimum atomic E-state index is -3.80. The molecule has 0 radical (unpaired) electrons. The Hall–Kier alpha value is -0.400. The first-order valence-electron chi connectivity index (χ1n) is 5.68. The summed E-state index contributed by atoms with van der Waals surface area (Å²) in [4.78, 5) is -0.350. The van der Waals surface area contributed by atoms with E-state index in [1.165, 1.54) is 10.4 Å². The lowest BCUT2D eigenvalue weighted by atomic mass is 10.3. The fraction of sp³-hybridized carbons (Fsp3) is 0.455. The predicted molar refractivity (Wildman–Crippen MR) is 74.9 cm³/mol. The van der Waals surface area contributed by atoms with Crippen LogP contribution in [0.4, 0.5) is 4.39 Å². The fourth-order valence-electron chi connectivity index (χ4n) is 1.88. The molecular weight excluding hydrogens is 314 g/mol. The third-order valence-corrected chi connectivity index (χ3v) is 4.96. The normalized spacial score (nSPS) is 17.6. The van der Waals surface area contributed by atoms with E-state index in [1.807, 2.05) is 0 Å². The van der Waals surface area contributed by atoms with Gasteiger partial charge in [0.15, 0.2) is 0 Å². The fourth-order valence-corrected chi connectivity index (χ4v) is 3.68. The largest absolute Gasteiger partial charge is 0.315 e. The quantitative estimate of drug-likeness (QED) is 0.901. The number of rotatable bonds is 2. The van der Waals surface area contributed by atoms with Gasteiger partial charge in [-0.1, -0.05) is 11.6 Å². The van der Waals surface area contributed by atoms with E-state index >= 15 is 0 Å². The number of halogens is 3. The molecule has 0 unspecified atom stereocenters. The van der Waals surface area contributed by atoms with Crippen LogP contribution < -0.4 is 5.32 Å². The predicted octanol–water partition coefficient (Wildman–Crippen LogP) is 1.88. The Morgan fingerprint density at radius 3 is 2.74 bits per heavy atom. The molecule has 1 aliphatic heterocycles. The Kier molecular flexibility index (Phi) is 6.01. The van der Waals surface area contributed by atoms with Crippen LogP contribution in [0.15, 0.2) is 23.1 Å². The lowest BCUT2D eigenvalue weighted by molar-refractivity contribution is 0.427. The van der Waals surface area contributed by atoms with Crippen LogP contribution in [0.25, 0.3) is 0 Å². The van der Waals surface area contributed by atoms with Gasteiger partial charge in [-0.2, -0.15) is 4.31 Å². The number of hydrogen-bond donors (Lipinski definition) is 1. The molecule has 8 heteroatoms. The summed E-state index contributed by atoms with van der Waals surface area (Å²) >= 11 is 5.73. The van der Waals surface area contributed by atoms with E-state index in [-0.39, 0.29) is 22.3 Å². The summed E-state index contributed by atoms with van der Waals surface area (Å²) in [6, 6.07) is 3.57. The molecule has 1 fully saturated rings. The van der Waals surface area contributed by atoms with Crippen molar-refractivity contribution in [2.45, 2.75) is 11.3 Å². The number of benzene rings is 1. The first-order chi connectivity index (χ1) is 8.51. The smallest absolute Gasteiger partial charge is 0.246 e. The zero-order valence-corrected chi connectivity index (χ0v) is 12.5. The standard InChI is InChI=1S/C11H14ClFN2O2S.ClH/c12-9-2-3-10(13)11(8-9)18(16,17)15-6-1-4-14-5-7-15;/h2-3,8,14H,1,4-7H2;1H. The van der Waals surface area contributed by atoms with E-state index in [4.69, 9.17) is 11.6 Å². The second-order valence-corrected chi connectivity index (χ2v) is 6.43. The monoisotopic (exact) mass is 328 g/mol. The molecule has 0 aliphatic carbocycles. The van der Waals surface area contributed by atoms with Gasteiger partial charge >= 0.3 is 0 Å². The Labute approximate surface area is 123 Å². The summed E-state index contributed by atoms with van der Waals surface area (Å²) in [5, 5.41) is 3.31. The molecule has 0 bridgehead atoms. The summed E-state index contributed by atoms with van der Waals surface area (Å²) < 4.78 is 39.6. The molecule has 1 heterocycles. The molecule has 0 spiro atoms. The molecule has 0 amide bonds. The Morgan fingerprint density at radius 2 is 2.00 bits per heavy atom. The summed E-state index contributed by atoms with van der Waals surface area (Å²) in [7, 11) is -3.80. The van der Waals surface area contributed by atoms with Crippen LogP contribution in [-0.4, -0.2) is 38.9 Å². The van der Waals surface area contributed by atoms with Gasteiger partial charge in [0.25, 0.3) is 0 Å². The number of nitrogens with zero attached hydrogens (tertiary/aromatic N) is 1. The Bertz CT molecular complexity index is 531. The zero-order valence-electron chi connectivity index (χ0n) is 10.1.